The molecule has 0 fully saturated rings. The smallest absolute Gasteiger partial charge is 0.359 e. The first-order valence-electron chi connectivity index (χ1n) is 11.1. The number of nitrogens with one attached hydrogen (secondary N) is 2. The second-order valence-electron chi connectivity index (χ2n) is 7.75. The highest BCUT2D eigenvalue weighted by Gasteiger charge is 2.22. The van der Waals surface area contributed by atoms with Crippen molar-refractivity contribution in [3.63, 3.8) is 0 Å². The first-order chi connectivity index (χ1) is 17.0. The second kappa shape index (κ2) is 10.7. The first-order valence-corrected chi connectivity index (χ1v) is 11.1. The Kier molecular flexibility index (Phi) is 7.24. The summed E-state index contributed by atoms with van der Waals surface area (Å²) in [6.45, 7) is 1.84. The van der Waals surface area contributed by atoms with E-state index in [1.165, 1.54) is 4.68 Å². The lowest BCUT2D eigenvalue weighted by atomic mass is 10.1. The third kappa shape index (κ3) is 5.57. The molecule has 0 saturated heterocycles. The quantitative estimate of drug-likeness (QED) is 0.487. The van der Waals surface area contributed by atoms with Crippen LogP contribution in [0.5, 0.6) is 11.5 Å². The number of imide groups is 1. The number of benzene rings is 2. The van der Waals surface area contributed by atoms with Crippen molar-refractivity contribution >= 4 is 28.7 Å². The summed E-state index contributed by atoms with van der Waals surface area (Å²) in [6, 6.07) is 12.9. The third-order valence-corrected chi connectivity index (χ3v) is 5.14. The predicted molar refractivity (Wildman–Crippen MR) is 124 cm³/mol. The van der Waals surface area contributed by atoms with E-state index in [0.717, 1.165) is 0 Å². The summed E-state index contributed by atoms with van der Waals surface area (Å²) in [5.74, 6) is -0.515. The minimum absolute atomic E-state index is 0.0827. The van der Waals surface area contributed by atoms with E-state index in [4.69, 9.17) is 14.2 Å². The minimum Gasteiger partial charge on any atom is -0.486 e. The molecule has 2 N–H and O–H groups in total. The van der Waals surface area contributed by atoms with E-state index in [9.17, 15) is 19.2 Å². The Labute approximate surface area is 200 Å². The van der Waals surface area contributed by atoms with Crippen molar-refractivity contribution in [3.05, 3.63) is 64.6 Å². The number of carbonyl (C=O) groups excluding carboxylic acids is 3. The lowest BCUT2D eigenvalue weighted by Gasteiger charge is -2.26. The van der Waals surface area contributed by atoms with Crippen LogP contribution in [0.15, 0.2) is 53.3 Å². The second-order valence-corrected chi connectivity index (χ2v) is 7.75. The molecule has 11 nitrogen and oxygen atoms in total. The van der Waals surface area contributed by atoms with E-state index in [-0.39, 0.29) is 24.4 Å². The molecule has 0 bridgehead atoms. The van der Waals surface area contributed by atoms with Gasteiger partial charge in [-0.2, -0.15) is 5.10 Å². The summed E-state index contributed by atoms with van der Waals surface area (Å²) in [7, 11) is 0. The fourth-order valence-corrected chi connectivity index (χ4v) is 3.53. The summed E-state index contributed by atoms with van der Waals surface area (Å²) < 4.78 is 17.6. The van der Waals surface area contributed by atoms with E-state index < -0.39 is 30.6 Å². The highest BCUT2D eigenvalue weighted by atomic mass is 16.6. The number of amides is 3. The highest BCUT2D eigenvalue weighted by Crippen LogP contribution is 2.30. The van der Waals surface area contributed by atoms with Crippen molar-refractivity contribution < 1.29 is 28.6 Å². The molecule has 0 saturated carbocycles. The van der Waals surface area contributed by atoms with E-state index in [1.807, 2.05) is 13.0 Å². The topological polar surface area (TPSA) is 138 Å². The number of para-hydroxylation sites is 2. The SMILES string of the molecule is CCCn1nc(C(=O)OCC(=O)NC(=O)NCC2COc3ccccc3O2)c2ccccc2c1=O. The van der Waals surface area contributed by atoms with Gasteiger partial charge in [0.05, 0.1) is 11.9 Å². The number of rotatable bonds is 7. The van der Waals surface area contributed by atoms with Gasteiger partial charge in [-0.15, -0.1) is 0 Å². The number of urea groups is 1. The fourth-order valence-electron chi connectivity index (χ4n) is 3.53. The zero-order valence-corrected chi connectivity index (χ0v) is 19.0. The zero-order chi connectivity index (χ0) is 24.8. The van der Waals surface area contributed by atoms with Crippen LogP contribution < -0.4 is 25.7 Å². The van der Waals surface area contributed by atoms with Gasteiger partial charge in [0.25, 0.3) is 11.5 Å². The largest absolute Gasteiger partial charge is 0.486 e. The van der Waals surface area contributed by atoms with Gasteiger partial charge in [0, 0.05) is 11.9 Å². The Balaban J connectivity index is 1.30. The summed E-state index contributed by atoms with van der Waals surface area (Å²) in [5, 5.41) is 9.37. The van der Waals surface area contributed by atoms with Crippen LogP contribution in [0.25, 0.3) is 10.8 Å². The van der Waals surface area contributed by atoms with Gasteiger partial charge in [0.2, 0.25) is 0 Å². The number of carbonyl (C=O) groups is 3. The average Bonchev–Trinajstić information content (AvgIpc) is 2.87. The van der Waals surface area contributed by atoms with Crippen molar-refractivity contribution in [2.45, 2.75) is 26.0 Å². The Hall–Kier alpha value is -4.41. The molecule has 3 amide bonds. The van der Waals surface area contributed by atoms with Gasteiger partial charge in [-0.25, -0.2) is 14.3 Å². The number of hydrogen-bond donors (Lipinski definition) is 2. The minimum atomic E-state index is -0.881. The summed E-state index contributed by atoms with van der Waals surface area (Å²) in [6.07, 6.45) is 0.212. The molecular formula is C24H24N4O7. The standard InChI is InChI=1S/C24H24N4O7/c1-2-11-28-22(30)17-8-4-3-7-16(17)21(27-28)23(31)34-14-20(29)26-24(32)25-12-15-13-33-18-9-5-6-10-19(18)35-15/h3-10,15H,2,11-14H2,1H3,(H2,25,26,29,32). The van der Waals surface area contributed by atoms with E-state index in [0.29, 0.717) is 35.2 Å². The van der Waals surface area contributed by atoms with Gasteiger partial charge in [-0.3, -0.25) is 14.9 Å². The summed E-state index contributed by atoms with van der Waals surface area (Å²) in [4.78, 5) is 49.3. The normalized spacial score (nSPS) is 14.3. The Morgan fingerprint density at radius 3 is 2.57 bits per heavy atom. The van der Waals surface area contributed by atoms with E-state index in [1.54, 1.807) is 42.5 Å². The average molecular weight is 480 g/mol. The molecule has 4 rings (SSSR count). The van der Waals surface area contributed by atoms with Crippen LogP contribution in [0.1, 0.15) is 23.8 Å². The molecule has 0 spiro atoms. The monoisotopic (exact) mass is 480 g/mol. The summed E-state index contributed by atoms with van der Waals surface area (Å²) >= 11 is 0. The van der Waals surface area contributed by atoms with Crippen molar-refractivity contribution in [1.82, 2.24) is 20.4 Å². The molecule has 2 aromatic carbocycles. The van der Waals surface area contributed by atoms with Crippen LogP contribution >= 0.6 is 0 Å². The van der Waals surface area contributed by atoms with Gasteiger partial charge < -0.3 is 19.5 Å². The van der Waals surface area contributed by atoms with Crippen LogP contribution in [0.2, 0.25) is 0 Å². The van der Waals surface area contributed by atoms with E-state index in [2.05, 4.69) is 15.7 Å². The molecule has 11 heteroatoms. The van der Waals surface area contributed by atoms with Gasteiger partial charge in [0.15, 0.2) is 29.9 Å². The Morgan fingerprint density at radius 2 is 1.80 bits per heavy atom. The van der Waals surface area contributed by atoms with Gasteiger partial charge in [0.1, 0.15) is 6.61 Å². The van der Waals surface area contributed by atoms with Crippen LogP contribution in [0.4, 0.5) is 4.79 Å². The van der Waals surface area contributed by atoms with Crippen molar-refractivity contribution in [1.29, 1.82) is 0 Å². The Morgan fingerprint density at radius 1 is 1.09 bits per heavy atom. The molecule has 3 aromatic rings. The number of aromatic nitrogens is 2. The number of aryl methyl sites for hydroxylation is 1. The predicted octanol–water partition coefficient (Wildman–Crippen LogP) is 1.63. The van der Waals surface area contributed by atoms with Gasteiger partial charge in [-0.05, 0) is 24.6 Å². The first kappa shape index (κ1) is 23.7. The number of ether oxygens (including phenoxy) is 3. The number of esters is 1. The molecule has 0 radical (unpaired) electrons. The van der Waals surface area contributed by atoms with Crippen molar-refractivity contribution in [3.8, 4) is 11.5 Å². The maximum Gasteiger partial charge on any atom is 0.359 e. The van der Waals surface area contributed by atoms with Crippen LogP contribution in [-0.4, -0.2) is 53.6 Å². The molecule has 182 valence electrons. The molecule has 1 unspecified atom stereocenters. The van der Waals surface area contributed by atoms with Crippen LogP contribution in [-0.2, 0) is 16.1 Å². The third-order valence-electron chi connectivity index (χ3n) is 5.14. The van der Waals surface area contributed by atoms with Crippen LogP contribution in [0, 0.1) is 0 Å². The molecular weight excluding hydrogens is 456 g/mol. The van der Waals surface area contributed by atoms with Crippen molar-refractivity contribution in [2.24, 2.45) is 0 Å². The molecule has 1 aliphatic rings. The number of fused-ring (bicyclic) bond motifs is 2. The molecule has 1 atom stereocenters. The van der Waals surface area contributed by atoms with E-state index >= 15 is 0 Å². The number of hydrogen-bond acceptors (Lipinski definition) is 8. The lowest BCUT2D eigenvalue weighted by Crippen LogP contribution is -2.46. The fraction of sp³-hybridized carbons (Fsp3) is 0.292. The number of nitrogens with zero attached hydrogens (tertiary/aromatic N) is 2. The maximum absolute atomic E-state index is 12.6. The van der Waals surface area contributed by atoms with Crippen molar-refractivity contribution in [2.75, 3.05) is 19.8 Å². The molecule has 1 aliphatic heterocycles. The van der Waals surface area contributed by atoms with Crippen LogP contribution in [0.3, 0.4) is 0 Å². The highest BCUT2D eigenvalue weighted by molar-refractivity contribution is 6.03. The van der Waals surface area contributed by atoms with Gasteiger partial charge in [-0.1, -0.05) is 37.3 Å². The summed E-state index contributed by atoms with van der Waals surface area (Å²) in [5.41, 5.74) is -0.398. The van der Waals surface area contributed by atoms with Gasteiger partial charge >= 0.3 is 12.0 Å². The molecule has 35 heavy (non-hydrogen) atoms. The zero-order valence-electron chi connectivity index (χ0n) is 19.0. The lowest BCUT2D eigenvalue weighted by molar-refractivity contribution is -0.123. The Bertz CT molecular complexity index is 1320. The molecule has 2 heterocycles. The molecule has 0 aliphatic carbocycles. The maximum atomic E-state index is 12.6. The molecule has 1 aromatic heterocycles.